The lowest BCUT2D eigenvalue weighted by Gasteiger charge is -2.09. The summed E-state index contributed by atoms with van der Waals surface area (Å²) in [5, 5.41) is 12.1. The van der Waals surface area contributed by atoms with Gasteiger partial charge in [-0.15, -0.1) is 11.3 Å². The van der Waals surface area contributed by atoms with E-state index < -0.39 is 5.97 Å². The van der Waals surface area contributed by atoms with Gasteiger partial charge in [-0.05, 0) is 42.8 Å². The van der Waals surface area contributed by atoms with Gasteiger partial charge in [0.1, 0.15) is 0 Å². The Morgan fingerprint density at radius 1 is 1.39 bits per heavy atom. The molecule has 0 bridgehead atoms. The number of halogens is 1. The summed E-state index contributed by atoms with van der Waals surface area (Å²) in [6.07, 6.45) is 0. The van der Waals surface area contributed by atoms with E-state index in [1.807, 2.05) is 19.1 Å². The lowest BCUT2D eigenvalue weighted by Crippen LogP contribution is -2.02. The van der Waals surface area contributed by atoms with Crippen molar-refractivity contribution in [2.75, 3.05) is 5.32 Å². The molecule has 2 N–H and O–H groups in total. The van der Waals surface area contributed by atoms with Crippen LogP contribution in [0.3, 0.4) is 0 Å². The molecule has 0 amide bonds. The van der Waals surface area contributed by atoms with Gasteiger partial charge in [-0.1, -0.05) is 11.6 Å². The van der Waals surface area contributed by atoms with E-state index in [0.29, 0.717) is 12.1 Å². The number of carboxylic acid groups (broad SMARTS) is 1. The number of rotatable bonds is 4. The van der Waals surface area contributed by atoms with Crippen molar-refractivity contribution in [3.05, 3.63) is 50.7 Å². The third-order valence-electron chi connectivity index (χ3n) is 2.56. The van der Waals surface area contributed by atoms with Crippen LogP contribution in [-0.4, -0.2) is 11.1 Å². The maximum absolute atomic E-state index is 10.8. The van der Waals surface area contributed by atoms with Gasteiger partial charge in [0.2, 0.25) is 0 Å². The van der Waals surface area contributed by atoms with Gasteiger partial charge in [-0.3, -0.25) is 0 Å². The van der Waals surface area contributed by atoms with Gasteiger partial charge in [0.15, 0.2) is 0 Å². The lowest BCUT2D eigenvalue weighted by atomic mass is 10.1. The number of thiophene rings is 1. The first-order valence-corrected chi connectivity index (χ1v) is 6.58. The largest absolute Gasteiger partial charge is 0.478 e. The van der Waals surface area contributed by atoms with Gasteiger partial charge in [0.25, 0.3) is 0 Å². The van der Waals surface area contributed by atoms with Crippen molar-refractivity contribution >= 4 is 34.6 Å². The summed E-state index contributed by atoms with van der Waals surface area (Å²) in [5.74, 6) is -0.908. The molecule has 1 heterocycles. The molecule has 3 nitrogen and oxygen atoms in total. The summed E-state index contributed by atoms with van der Waals surface area (Å²) < 4.78 is 0.768. The van der Waals surface area contributed by atoms with E-state index in [4.69, 9.17) is 16.7 Å². The van der Waals surface area contributed by atoms with Gasteiger partial charge in [-0.2, -0.15) is 0 Å². The molecule has 0 aliphatic carbocycles. The van der Waals surface area contributed by atoms with Crippen LogP contribution in [0.5, 0.6) is 0 Å². The molecule has 0 radical (unpaired) electrons. The first kappa shape index (κ1) is 12.9. The third kappa shape index (κ3) is 3.03. The Kier molecular flexibility index (Phi) is 3.89. The summed E-state index contributed by atoms with van der Waals surface area (Å²) >= 11 is 7.38. The molecule has 0 aliphatic heterocycles. The Labute approximate surface area is 114 Å². The van der Waals surface area contributed by atoms with E-state index in [1.54, 1.807) is 18.2 Å². The van der Waals surface area contributed by atoms with E-state index in [-0.39, 0.29) is 0 Å². The first-order chi connectivity index (χ1) is 8.56. The van der Waals surface area contributed by atoms with Crippen molar-refractivity contribution in [3.8, 4) is 0 Å². The Morgan fingerprint density at radius 3 is 2.72 bits per heavy atom. The molecule has 2 rings (SSSR count). The van der Waals surface area contributed by atoms with Crippen molar-refractivity contribution in [2.24, 2.45) is 0 Å². The highest BCUT2D eigenvalue weighted by atomic mass is 35.5. The van der Waals surface area contributed by atoms with Crippen molar-refractivity contribution in [3.63, 3.8) is 0 Å². The highest BCUT2D eigenvalue weighted by Crippen LogP contribution is 2.23. The second kappa shape index (κ2) is 5.42. The smallest absolute Gasteiger partial charge is 0.335 e. The topological polar surface area (TPSA) is 49.3 Å². The fourth-order valence-corrected chi connectivity index (χ4v) is 2.65. The Bertz CT molecular complexity index is 580. The lowest BCUT2D eigenvalue weighted by molar-refractivity contribution is 0.0697. The van der Waals surface area contributed by atoms with Crippen LogP contribution in [0.4, 0.5) is 5.69 Å². The first-order valence-electron chi connectivity index (χ1n) is 5.38. The molecule has 1 aromatic carbocycles. The van der Waals surface area contributed by atoms with Crippen molar-refractivity contribution in [1.82, 2.24) is 0 Å². The fourth-order valence-electron chi connectivity index (χ4n) is 1.62. The number of hydrogen-bond donors (Lipinski definition) is 2. The molecule has 94 valence electrons. The zero-order valence-electron chi connectivity index (χ0n) is 9.74. The maximum Gasteiger partial charge on any atom is 0.335 e. The van der Waals surface area contributed by atoms with Crippen molar-refractivity contribution in [1.29, 1.82) is 0 Å². The van der Waals surface area contributed by atoms with Crippen molar-refractivity contribution in [2.45, 2.75) is 13.5 Å². The molecule has 5 heteroatoms. The van der Waals surface area contributed by atoms with E-state index in [9.17, 15) is 4.79 Å². The molecule has 0 atom stereocenters. The van der Waals surface area contributed by atoms with Crippen LogP contribution in [0.25, 0.3) is 0 Å². The van der Waals surface area contributed by atoms with E-state index in [0.717, 1.165) is 20.5 Å². The number of hydrogen-bond acceptors (Lipinski definition) is 3. The number of aromatic carboxylic acids is 1. The molecule has 0 fully saturated rings. The van der Waals surface area contributed by atoms with Crippen LogP contribution in [0.15, 0.2) is 30.3 Å². The van der Waals surface area contributed by atoms with Gasteiger partial charge >= 0.3 is 5.97 Å². The number of benzene rings is 1. The minimum Gasteiger partial charge on any atom is -0.478 e. The molecule has 0 unspecified atom stereocenters. The molecular formula is C13H12ClNO2S. The molecule has 0 aliphatic rings. The number of carboxylic acids is 1. The Balaban J connectivity index is 2.08. The Morgan fingerprint density at radius 2 is 2.17 bits per heavy atom. The van der Waals surface area contributed by atoms with Crippen LogP contribution < -0.4 is 5.32 Å². The predicted molar refractivity (Wildman–Crippen MR) is 74.8 cm³/mol. The quantitative estimate of drug-likeness (QED) is 0.890. The zero-order chi connectivity index (χ0) is 13.1. The monoisotopic (exact) mass is 281 g/mol. The zero-order valence-corrected chi connectivity index (χ0v) is 11.3. The summed E-state index contributed by atoms with van der Waals surface area (Å²) in [5.41, 5.74) is 2.15. The highest BCUT2D eigenvalue weighted by molar-refractivity contribution is 7.16. The van der Waals surface area contributed by atoms with Gasteiger partial charge in [0, 0.05) is 17.1 Å². The second-order valence-corrected chi connectivity index (χ2v) is 5.69. The third-order valence-corrected chi connectivity index (χ3v) is 3.79. The van der Waals surface area contributed by atoms with Crippen LogP contribution in [-0.2, 0) is 6.54 Å². The standard InChI is InChI=1S/C13H12ClNO2S/c1-8-6-9(13(16)17)2-4-11(8)15-7-10-3-5-12(14)18-10/h2-6,15H,7H2,1H3,(H,16,17). The second-order valence-electron chi connectivity index (χ2n) is 3.89. The molecule has 2 aromatic rings. The summed E-state index contributed by atoms with van der Waals surface area (Å²) in [7, 11) is 0. The van der Waals surface area contributed by atoms with E-state index >= 15 is 0 Å². The molecule has 0 saturated carbocycles. The molecule has 0 saturated heterocycles. The average Bonchev–Trinajstić information content (AvgIpc) is 2.73. The van der Waals surface area contributed by atoms with E-state index in [2.05, 4.69) is 5.32 Å². The maximum atomic E-state index is 10.8. The number of aryl methyl sites for hydroxylation is 1. The minimum absolute atomic E-state index is 0.303. The van der Waals surface area contributed by atoms with Crippen molar-refractivity contribution < 1.29 is 9.90 Å². The molecule has 18 heavy (non-hydrogen) atoms. The number of carbonyl (C=O) groups is 1. The number of nitrogens with one attached hydrogen (secondary N) is 1. The van der Waals surface area contributed by atoms with Crippen LogP contribution >= 0.6 is 22.9 Å². The SMILES string of the molecule is Cc1cc(C(=O)O)ccc1NCc1ccc(Cl)s1. The summed E-state index contributed by atoms with van der Waals surface area (Å²) in [4.78, 5) is 12.0. The molecule has 1 aromatic heterocycles. The molecule has 0 spiro atoms. The fraction of sp³-hybridized carbons (Fsp3) is 0.154. The van der Waals surface area contributed by atoms with E-state index in [1.165, 1.54) is 11.3 Å². The van der Waals surface area contributed by atoms with Crippen LogP contribution in [0.1, 0.15) is 20.8 Å². The Hall–Kier alpha value is -1.52. The number of anilines is 1. The van der Waals surface area contributed by atoms with Crippen LogP contribution in [0, 0.1) is 6.92 Å². The average molecular weight is 282 g/mol. The highest BCUT2D eigenvalue weighted by Gasteiger charge is 2.05. The van der Waals surface area contributed by atoms with Crippen LogP contribution in [0.2, 0.25) is 4.34 Å². The van der Waals surface area contributed by atoms with Gasteiger partial charge < -0.3 is 10.4 Å². The minimum atomic E-state index is -0.908. The summed E-state index contributed by atoms with van der Waals surface area (Å²) in [6, 6.07) is 8.88. The van der Waals surface area contributed by atoms with Gasteiger partial charge in [-0.25, -0.2) is 4.79 Å². The van der Waals surface area contributed by atoms with Gasteiger partial charge in [0.05, 0.1) is 9.90 Å². The summed E-state index contributed by atoms with van der Waals surface area (Å²) in [6.45, 7) is 2.57. The predicted octanol–water partition coefficient (Wildman–Crippen LogP) is 4.02. The normalized spacial score (nSPS) is 10.3. The molecular weight excluding hydrogens is 270 g/mol.